The van der Waals surface area contributed by atoms with Crippen molar-refractivity contribution in [3.63, 3.8) is 0 Å². The maximum absolute atomic E-state index is 11.4. The predicted octanol–water partition coefficient (Wildman–Crippen LogP) is 3.36. The fraction of sp³-hybridized carbons (Fsp3) is 0.533. The van der Waals surface area contributed by atoms with Gasteiger partial charge >= 0.3 is 5.97 Å². The lowest BCUT2D eigenvalue weighted by Crippen LogP contribution is -2.11. The molecule has 0 amide bonds. The predicted molar refractivity (Wildman–Crippen MR) is 71.8 cm³/mol. The summed E-state index contributed by atoms with van der Waals surface area (Å²) in [6.07, 6.45) is 1.77. The second-order valence-corrected chi connectivity index (χ2v) is 4.69. The van der Waals surface area contributed by atoms with E-state index in [-0.39, 0.29) is 12.1 Å². The van der Waals surface area contributed by atoms with Crippen LogP contribution in [0.25, 0.3) is 0 Å². The molecule has 0 aromatic heterocycles. The minimum absolute atomic E-state index is 0.0620. The first-order valence-corrected chi connectivity index (χ1v) is 6.42. The number of carbonyl (C=O) groups excluding carboxylic acids is 1. The lowest BCUT2D eigenvalue weighted by atomic mass is 10.1. The monoisotopic (exact) mass is 250 g/mol. The number of esters is 1. The third-order valence-corrected chi connectivity index (χ3v) is 2.45. The van der Waals surface area contributed by atoms with Crippen LogP contribution in [0.5, 0.6) is 0 Å². The molecular formula is C15H22O3. The standard InChI is InChI=1S/C11H14O2.C4H8O/c1-8(2)13-11(12)10-6-4-5-9(3)7-10;1-2-4-3-5-4/h4-8H,1-3H3;4H,2-3H2,1H3. The van der Waals surface area contributed by atoms with Crippen LogP contribution in [-0.4, -0.2) is 24.8 Å². The Morgan fingerprint density at radius 3 is 2.56 bits per heavy atom. The molecule has 0 radical (unpaired) electrons. The van der Waals surface area contributed by atoms with Crippen molar-refractivity contribution in [1.29, 1.82) is 0 Å². The van der Waals surface area contributed by atoms with Crippen LogP contribution in [0.4, 0.5) is 0 Å². The molecule has 0 aliphatic carbocycles. The molecule has 1 aliphatic heterocycles. The van der Waals surface area contributed by atoms with Gasteiger partial charge in [-0.1, -0.05) is 24.6 Å². The summed E-state index contributed by atoms with van der Waals surface area (Å²) in [5, 5.41) is 0. The summed E-state index contributed by atoms with van der Waals surface area (Å²) in [5.74, 6) is -0.251. The number of epoxide rings is 1. The summed E-state index contributed by atoms with van der Waals surface area (Å²) in [4.78, 5) is 11.4. The smallest absolute Gasteiger partial charge is 0.338 e. The van der Waals surface area contributed by atoms with E-state index in [0.29, 0.717) is 11.7 Å². The Balaban J connectivity index is 0.000000269. The highest BCUT2D eigenvalue weighted by atomic mass is 16.6. The molecule has 100 valence electrons. The van der Waals surface area contributed by atoms with Crippen molar-refractivity contribution in [3.8, 4) is 0 Å². The molecule has 1 aliphatic rings. The van der Waals surface area contributed by atoms with E-state index in [0.717, 1.165) is 12.2 Å². The number of benzene rings is 1. The molecule has 1 aromatic carbocycles. The van der Waals surface area contributed by atoms with Crippen molar-refractivity contribution in [2.75, 3.05) is 6.61 Å². The SMILES string of the molecule is CCC1CO1.Cc1cccc(C(=O)OC(C)C)c1. The van der Waals surface area contributed by atoms with Crippen molar-refractivity contribution in [1.82, 2.24) is 0 Å². The van der Waals surface area contributed by atoms with Gasteiger partial charge in [0.05, 0.1) is 24.4 Å². The second-order valence-electron chi connectivity index (χ2n) is 4.69. The summed E-state index contributed by atoms with van der Waals surface area (Å²) in [7, 11) is 0. The minimum atomic E-state index is -0.251. The number of ether oxygens (including phenoxy) is 2. The van der Waals surface area contributed by atoms with Gasteiger partial charge < -0.3 is 9.47 Å². The third kappa shape index (κ3) is 5.82. The topological polar surface area (TPSA) is 38.8 Å². The summed E-state index contributed by atoms with van der Waals surface area (Å²) < 4.78 is 9.91. The molecule has 2 rings (SSSR count). The van der Waals surface area contributed by atoms with Gasteiger partial charge in [-0.2, -0.15) is 0 Å². The van der Waals surface area contributed by atoms with Crippen LogP contribution in [0.1, 0.15) is 43.1 Å². The zero-order chi connectivity index (χ0) is 13.5. The van der Waals surface area contributed by atoms with E-state index in [4.69, 9.17) is 9.47 Å². The van der Waals surface area contributed by atoms with Gasteiger partial charge in [0.15, 0.2) is 0 Å². The Morgan fingerprint density at radius 2 is 2.17 bits per heavy atom. The molecule has 0 bridgehead atoms. The Bertz CT molecular complexity index is 381. The molecule has 1 unspecified atom stereocenters. The Morgan fingerprint density at radius 1 is 1.50 bits per heavy atom. The average Bonchev–Trinajstić information content (AvgIpc) is 3.12. The zero-order valence-corrected chi connectivity index (χ0v) is 11.6. The molecule has 3 nitrogen and oxygen atoms in total. The molecule has 1 heterocycles. The highest BCUT2D eigenvalue weighted by molar-refractivity contribution is 5.89. The van der Waals surface area contributed by atoms with Gasteiger partial charge in [-0.15, -0.1) is 0 Å². The van der Waals surface area contributed by atoms with Crippen molar-refractivity contribution in [2.24, 2.45) is 0 Å². The van der Waals surface area contributed by atoms with E-state index in [1.807, 2.05) is 39.0 Å². The van der Waals surface area contributed by atoms with Crippen molar-refractivity contribution < 1.29 is 14.3 Å². The first-order valence-electron chi connectivity index (χ1n) is 6.42. The van der Waals surface area contributed by atoms with E-state index < -0.39 is 0 Å². The number of rotatable bonds is 3. The van der Waals surface area contributed by atoms with Gasteiger partial charge in [0.1, 0.15) is 0 Å². The first-order chi connectivity index (χ1) is 8.52. The Labute approximate surface area is 109 Å². The Hall–Kier alpha value is -1.35. The van der Waals surface area contributed by atoms with E-state index in [1.165, 1.54) is 6.42 Å². The van der Waals surface area contributed by atoms with Crippen molar-refractivity contribution >= 4 is 5.97 Å². The molecule has 0 spiro atoms. The summed E-state index contributed by atoms with van der Waals surface area (Å²) in [6.45, 7) is 8.78. The molecule has 18 heavy (non-hydrogen) atoms. The largest absolute Gasteiger partial charge is 0.459 e. The van der Waals surface area contributed by atoms with E-state index in [9.17, 15) is 4.79 Å². The van der Waals surface area contributed by atoms with Crippen LogP contribution in [0.3, 0.4) is 0 Å². The van der Waals surface area contributed by atoms with Crippen LogP contribution in [0.15, 0.2) is 24.3 Å². The van der Waals surface area contributed by atoms with Gasteiger partial charge in [-0.25, -0.2) is 4.79 Å². The van der Waals surface area contributed by atoms with Crippen LogP contribution in [0, 0.1) is 6.92 Å². The fourth-order valence-corrected chi connectivity index (χ4v) is 1.36. The van der Waals surface area contributed by atoms with Crippen molar-refractivity contribution in [3.05, 3.63) is 35.4 Å². The highest BCUT2D eigenvalue weighted by Crippen LogP contribution is 2.11. The molecule has 3 heteroatoms. The number of hydrogen-bond acceptors (Lipinski definition) is 3. The second kappa shape index (κ2) is 7.17. The molecule has 1 fully saturated rings. The maximum Gasteiger partial charge on any atom is 0.338 e. The Kier molecular flexibility index (Phi) is 5.86. The first kappa shape index (κ1) is 14.7. The van der Waals surface area contributed by atoms with Crippen LogP contribution in [0.2, 0.25) is 0 Å². The van der Waals surface area contributed by atoms with Crippen molar-refractivity contribution in [2.45, 2.75) is 46.3 Å². The molecule has 0 saturated carbocycles. The van der Waals surface area contributed by atoms with Gasteiger partial charge in [0, 0.05) is 0 Å². The number of aryl methyl sites for hydroxylation is 1. The lowest BCUT2D eigenvalue weighted by Gasteiger charge is -2.07. The van der Waals surface area contributed by atoms with Crippen LogP contribution >= 0.6 is 0 Å². The molecule has 1 aromatic rings. The quantitative estimate of drug-likeness (QED) is 0.610. The van der Waals surface area contributed by atoms with E-state index in [2.05, 4.69) is 6.92 Å². The summed E-state index contributed by atoms with van der Waals surface area (Å²) in [5.41, 5.74) is 1.69. The van der Waals surface area contributed by atoms with Gasteiger partial charge in [-0.05, 0) is 39.3 Å². The molecular weight excluding hydrogens is 228 g/mol. The van der Waals surface area contributed by atoms with Gasteiger partial charge in [0.25, 0.3) is 0 Å². The zero-order valence-electron chi connectivity index (χ0n) is 11.6. The third-order valence-electron chi connectivity index (χ3n) is 2.45. The summed E-state index contributed by atoms with van der Waals surface area (Å²) in [6, 6.07) is 7.39. The lowest BCUT2D eigenvalue weighted by molar-refractivity contribution is 0.0378. The normalized spacial score (nSPS) is 16.8. The van der Waals surface area contributed by atoms with Gasteiger partial charge in [0.2, 0.25) is 0 Å². The maximum atomic E-state index is 11.4. The molecule has 1 saturated heterocycles. The summed E-state index contributed by atoms with van der Waals surface area (Å²) >= 11 is 0. The minimum Gasteiger partial charge on any atom is -0.459 e. The molecule has 0 N–H and O–H groups in total. The van der Waals surface area contributed by atoms with Crippen LogP contribution < -0.4 is 0 Å². The fourth-order valence-electron chi connectivity index (χ4n) is 1.36. The van der Waals surface area contributed by atoms with Crippen LogP contribution in [-0.2, 0) is 9.47 Å². The van der Waals surface area contributed by atoms with E-state index in [1.54, 1.807) is 6.07 Å². The van der Waals surface area contributed by atoms with E-state index >= 15 is 0 Å². The average molecular weight is 250 g/mol. The van der Waals surface area contributed by atoms with Gasteiger partial charge in [-0.3, -0.25) is 0 Å². The number of carbonyl (C=O) groups is 1. The number of hydrogen-bond donors (Lipinski definition) is 0. The molecule has 1 atom stereocenters. The highest BCUT2D eigenvalue weighted by Gasteiger charge is 2.18.